The molecule has 0 amide bonds. The number of ether oxygens (including phenoxy) is 1. The summed E-state index contributed by atoms with van der Waals surface area (Å²) in [5, 5.41) is 7.96. The van der Waals surface area contributed by atoms with E-state index >= 15 is 0 Å². The fourth-order valence-corrected chi connectivity index (χ4v) is 3.04. The first kappa shape index (κ1) is 17.4. The van der Waals surface area contributed by atoms with Crippen molar-refractivity contribution in [2.75, 3.05) is 14.2 Å². The van der Waals surface area contributed by atoms with Gasteiger partial charge in [-0.3, -0.25) is 0 Å². The van der Waals surface area contributed by atoms with Crippen molar-refractivity contribution in [3.8, 4) is 11.4 Å². The lowest BCUT2D eigenvalue weighted by atomic mass is 10.2. The van der Waals surface area contributed by atoms with Gasteiger partial charge in [0.05, 0.1) is 19.8 Å². The van der Waals surface area contributed by atoms with Gasteiger partial charge in [-0.15, -0.1) is 4.68 Å². The average molecular weight is 405 g/mol. The lowest BCUT2D eigenvalue weighted by Gasteiger charge is -2.15. The van der Waals surface area contributed by atoms with Crippen LogP contribution in [0.5, 0.6) is 5.75 Å². The second-order valence-corrected chi connectivity index (χ2v) is 6.67. The molecule has 0 fully saturated rings. The number of rotatable bonds is 6. The molecule has 0 saturated heterocycles. The van der Waals surface area contributed by atoms with Crippen molar-refractivity contribution in [3.63, 3.8) is 0 Å². The van der Waals surface area contributed by atoms with E-state index in [1.807, 2.05) is 55.6 Å². The zero-order chi connectivity index (χ0) is 17.8. The molecule has 0 saturated carbocycles. The van der Waals surface area contributed by atoms with Crippen LogP contribution < -0.4 is 15.3 Å². The molecule has 3 aromatic rings. The maximum atomic E-state index is 12.5. The second kappa shape index (κ2) is 7.62. The molecule has 0 spiro atoms. The van der Waals surface area contributed by atoms with Crippen molar-refractivity contribution in [3.05, 3.63) is 69.1 Å². The molecular weight excluding hydrogens is 386 g/mol. The van der Waals surface area contributed by atoms with E-state index in [9.17, 15) is 4.79 Å². The Bertz CT molecular complexity index is 907. The minimum absolute atomic E-state index is 0.258. The maximum Gasteiger partial charge on any atom is 0.373 e. The lowest BCUT2D eigenvalue weighted by molar-refractivity contribution is -0.917. The summed E-state index contributed by atoms with van der Waals surface area (Å²) in [7, 11) is 3.65. The monoisotopic (exact) mass is 404 g/mol. The molecule has 2 aromatic carbocycles. The first-order valence-corrected chi connectivity index (χ1v) is 8.59. The Morgan fingerprint density at radius 3 is 2.64 bits per heavy atom. The van der Waals surface area contributed by atoms with E-state index in [4.69, 9.17) is 4.74 Å². The van der Waals surface area contributed by atoms with Crippen LogP contribution >= 0.6 is 15.9 Å². The van der Waals surface area contributed by atoms with Crippen molar-refractivity contribution in [2.45, 2.75) is 13.2 Å². The van der Waals surface area contributed by atoms with Crippen LogP contribution in [-0.4, -0.2) is 33.9 Å². The molecule has 25 heavy (non-hydrogen) atoms. The van der Waals surface area contributed by atoms with Gasteiger partial charge in [-0.1, -0.05) is 34.1 Å². The number of quaternary nitrogens is 1. The number of nitrogens with one attached hydrogen (secondary N) is 1. The van der Waals surface area contributed by atoms with Gasteiger partial charge in [-0.2, -0.15) is 4.68 Å². The van der Waals surface area contributed by atoms with Gasteiger partial charge < -0.3 is 9.64 Å². The average Bonchev–Trinajstić information content (AvgIpc) is 2.96. The van der Waals surface area contributed by atoms with Crippen LogP contribution in [0, 0.1) is 0 Å². The topological polar surface area (TPSA) is 66.4 Å². The van der Waals surface area contributed by atoms with Crippen LogP contribution in [0.4, 0.5) is 0 Å². The van der Waals surface area contributed by atoms with Crippen LogP contribution in [0.15, 0.2) is 57.8 Å². The normalized spacial score (nSPS) is 12.1. The number of tetrazole rings is 1. The molecule has 0 aliphatic rings. The predicted molar refractivity (Wildman–Crippen MR) is 96.9 cm³/mol. The Kier molecular flexibility index (Phi) is 5.30. The van der Waals surface area contributed by atoms with Crippen molar-refractivity contribution >= 4 is 15.9 Å². The summed E-state index contributed by atoms with van der Waals surface area (Å²) in [5.41, 5.74) is 1.50. The second-order valence-electron chi connectivity index (χ2n) is 5.76. The van der Waals surface area contributed by atoms with Gasteiger partial charge in [-0.25, -0.2) is 4.79 Å². The minimum Gasteiger partial charge on any atom is -0.496 e. The number of para-hydroxylation sites is 1. The number of nitrogens with zero attached hydrogens (tertiary/aromatic N) is 4. The fraction of sp³-hybridized carbons (Fsp3) is 0.235. The maximum absolute atomic E-state index is 12.5. The van der Waals surface area contributed by atoms with Gasteiger partial charge in [0.2, 0.25) is 0 Å². The molecule has 1 N–H and O–H groups in total. The van der Waals surface area contributed by atoms with E-state index < -0.39 is 0 Å². The number of halogens is 1. The summed E-state index contributed by atoms with van der Waals surface area (Å²) in [4.78, 5) is 13.6. The molecule has 130 valence electrons. The fourth-order valence-electron chi connectivity index (χ4n) is 2.63. The van der Waals surface area contributed by atoms with Crippen LogP contribution in [-0.2, 0) is 13.2 Å². The summed E-state index contributed by atoms with van der Waals surface area (Å²) in [6, 6.07) is 15.1. The zero-order valence-corrected chi connectivity index (χ0v) is 15.6. The highest BCUT2D eigenvalue weighted by molar-refractivity contribution is 9.10. The molecule has 0 radical (unpaired) electrons. The molecule has 0 aliphatic carbocycles. The summed E-state index contributed by atoms with van der Waals surface area (Å²) < 4.78 is 9.06. The molecular formula is C17H19BrN5O2+. The Morgan fingerprint density at radius 1 is 1.16 bits per heavy atom. The lowest BCUT2D eigenvalue weighted by Crippen LogP contribution is -3.07. The largest absolute Gasteiger partial charge is 0.496 e. The SMILES string of the molecule is COc1ccc(Br)cc1C[NH+](C)Cn1nnn(-c2ccccc2)c1=O. The van der Waals surface area contributed by atoms with Crippen molar-refractivity contribution in [1.82, 2.24) is 19.8 Å². The first-order valence-electron chi connectivity index (χ1n) is 7.80. The number of aromatic nitrogens is 4. The van der Waals surface area contributed by atoms with Gasteiger partial charge in [-0.05, 0) is 40.8 Å². The van der Waals surface area contributed by atoms with Crippen LogP contribution in [0.2, 0.25) is 0 Å². The Hall–Kier alpha value is -2.45. The summed E-state index contributed by atoms with van der Waals surface area (Å²) in [5.74, 6) is 0.822. The number of hydrogen-bond acceptors (Lipinski definition) is 4. The molecule has 0 aliphatic heterocycles. The summed E-state index contributed by atoms with van der Waals surface area (Å²) >= 11 is 3.48. The van der Waals surface area contributed by atoms with E-state index in [0.717, 1.165) is 20.7 Å². The van der Waals surface area contributed by atoms with Crippen molar-refractivity contribution in [1.29, 1.82) is 0 Å². The molecule has 3 rings (SSSR count). The Balaban J connectivity index is 1.76. The summed E-state index contributed by atoms with van der Waals surface area (Å²) in [6.07, 6.45) is 0. The van der Waals surface area contributed by atoms with Crippen LogP contribution in [0.1, 0.15) is 5.56 Å². The number of methoxy groups -OCH3 is 1. The van der Waals surface area contributed by atoms with E-state index in [-0.39, 0.29) is 5.69 Å². The third kappa shape index (κ3) is 3.97. The Labute approximate surface area is 153 Å². The number of hydrogen-bond donors (Lipinski definition) is 1. The van der Waals surface area contributed by atoms with Gasteiger partial charge >= 0.3 is 5.69 Å². The summed E-state index contributed by atoms with van der Waals surface area (Å²) in [6.45, 7) is 1.09. The number of benzene rings is 2. The van der Waals surface area contributed by atoms with Gasteiger partial charge in [0, 0.05) is 10.0 Å². The smallest absolute Gasteiger partial charge is 0.373 e. The van der Waals surface area contributed by atoms with Crippen LogP contribution in [0.25, 0.3) is 5.69 Å². The molecule has 0 bridgehead atoms. The van der Waals surface area contributed by atoms with Crippen molar-refractivity contribution in [2.24, 2.45) is 0 Å². The van der Waals surface area contributed by atoms with E-state index in [1.54, 1.807) is 7.11 Å². The third-order valence-electron chi connectivity index (χ3n) is 3.79. The third-order valence-corrected chi connectivity index (χ3v) is 4.29. The van der Waals surface area contributed by atoms with Gasteiger partial charge in [0.1, 0.15) is 12.3 Å². The molecule has 1 atom stereocenters. The minimum atomic E-state index is -0.258. The van der Waals surface area contributed by atoms with Crippen molar-refractivity contribution < 1.29 is 9.64 Å². The molecule has 1 heterocycles. The Morgan fingerprint density at radius 2 is 1.92 bits per heavy atom. The van der Waals surface area contributed by atoms with E-state index in [0.29, 0.717) is 18.9 Å². The predicted octanol–water partition coefficient (Wildman–Crippen LogP) is 0.872. The molecule has 1 aromatic heterocycles. The highest BCUT2D eigenvalue weighted by Crippen LogP contribution is 2.22. The highest BCUT2D eigenvalue weighted by Gasteiger charge is 2.14. The highest BCUT2D eigenvalue weighted by atomic mass is 79.9. The first-order chi connectivity index (χ1) is 12.1. The molecule has 8 heteroatoms. The van der Waals surface area contributed by atoms with E-state index in [2.05, 4.69) is 26.4 Å². The molecule has 1 unspecified atom stereocenters. The quantitative estimate of drug-likeness (QED) is 0.661. The van der Waals surface area contributed by atoms with Crippen LogP contribution in [0.3, 0.4) is 0 Å². The van der Waals surface area contributed by atoms with Gasteiger partial charge in [0.25, 0.3) is 0 Å². The zero-order valence-electron chi connectivity index (χ0n) is 14.0. The standard InChI is InChI=1S/C17H18BrN5O2/c1-21(11-13-10-14(18)8-9-16(13)25-2)12-22-17(24)23(20-19-22)15-6-4-3-5-7-15/h3-10H,11-12H2,1-2H3/p+1. The van der Waals surface area contributed by atoms with E-state index in [1.165, 1.54) is 9.36 Å². The molecule has 7 nitrogen and oxygen atoms in total. The van der Waals surface area contributed by atoms with Gasteiger partial charge in [0.15, 0.2) is 6.67 Å².